The summed E-state index contributed by atoms with van der Waals surface area (Å²) in [5.41, 5.74) is 7.62. The lowest BCUT2D eigenvalue weighted by Crippen LogP contribution is -2.39. The van der Waals surface area contributed by atoms with E-state index in [2.05, 4.69) is 40.5 Å². The highest BCUT2D eigenvalue weighted by Crippen LogP contribution is 2.23. The Balaban J connectivity index is 0.00000264. The molecule has 1 aliphatic heterocycles. The minimum atomic E-state index is 0. The van der Waals surface area contributed by atoms with Crippen molar-refractivity contribution < 1.29 is 0 Å². The van der Waals surface area contributed by atoms with Crippen molar-refractivity contribution in [3.05, 3.63) is 22.4 Å². The standard InChI is InChI=1S/C17H30N4S.HI/c1-3-20(4-2)16(15-9-12-22-14-15)13-19-17(18)21-10-7-5-6-8-11-21;/h9,12,14,16H,3-8,10-11,13H2,1-2H3,(H2,18,19);1H. The van der Waals surface area contributed by atoms with Crippen LogP contribution in [0.3, 0.4) is 0 Å². The summed E-state index contributed by atoms with van der Waals surface area (Å²) in [5, 5.41) is 4.38. The average Bonchev–Trinajstić information content (AvgIpc) is 2.92. The Morgan fingerprint density at radius 3 is 2.43 bits per heavy atom. The number of nitrogens with zero attached hydrogens (tertiary/aromatic N) is 3. The van der Waals surface area contributed by atoms with E-state index in [1.165, 1.54) is 31.2 Å². The van der Waals surface area contributed by atoms with Gasteiger partial charge in [0, 0.05) is 13.1 Å². The van der Waals surface area contributed by atoms with Crippen LogP contribution < -0.4 is 5.73 Å². The minimum absolute atomic E-state index is 0. The first-order valence-corrected chi connectivity index (χ1v) is 9.51. The Morgan fingerprint density at radius 1 is 1.26 bits per heavy atom. The van der Waals surface area contributed by atoms with Crippen LogP contribution in [-0.2, 0) is 0 Å². The highest BCUT2D eigenvalue weighted by molar-refractivity contribution is 14.0. The molecule has 1 unspecified atom stereocenters. The van der Waals surface area contributed by atoms with E-state index in [1.807, 2.05) is 0 Å². The summed E-state index contributed by atoms with van der Waals surface area (Å²) in [6, 6.07) is 2.55. The summed E-state index contributed by atoms with van der Waals surface area (Å²) in [6.07, 6.45) is 5.11. The van der Waals surface area contributed by atoms with Crippen molar-refractivity contribution in [1.29, 1.82) is 0 Å². The smallest absolute Gasteiger partial charge is 0.191 e. The molecule has 0 saturated carbocycles. The number of likely N-dealkylation sites (N-methyl/N-ethyl adjacent to an activating group) is 1. The van der Waals surface area contributed by atoms with Gasteiger partial charge >= 0.3 is 0 Å². The van der Waals surface area contributed by atoms with Gasteiger partial charge in [-0.25, -0.2) is 0 Å². The van der Waals surface area contributed by atoms with Crippen molar-refractivity contribution in [3.63, 3.8) is 0 Å². The van der Waals surface area contributed by atoms with Gasteiger partial charge in [0.1, 0.15) is 0 Å². The van der Waals surface area contributed by atoms with Gasteiger partial charge in [-0.2, -0.15) is 11.3 Å². The Kier molecular flexibility index (Phi) is 10.1. The molecule has 132 valence electrons. The number of hydrogen-bond donors (Lipinski definition) is 1. The van der Waals surface area contributed by atoms with Crippen LogP contribution in [-0.4, -0.2) is 48.5 Å². The van der Waals surface area contributed by atoms with E-state index >= 15 is 0 Å². The van der Waals surface area contributed by atoms with Crippen molar-refractivity contribution in [2.75, 3.05) is 32.7 Å². The zero-order chi connectivity index (χ0) is 15.8. The molecule has 1 saturated heterocycles. The number of hydrogen-bond acceptors (Lipinski definition) is 3. The molecule has 23 heavy (non-hydrogen) atoms. The Labute approximate surface area is 162 Å². The molecule has 2 rings (SSSR count). The molecule has 0 spiro atoms. The zero-order valence-electron chi connectivity index (χ0n) is 14.4. The van der Waals surface area contributed by atoms with Crippen molar-refractivity contribution in [2.45, 2.75) is 45.6 Å². The van der Waals surface area contributed by atoms with Crippen LogP contribution in [0.5, 0.6) is 0 Å². The average molecular weight is 450 g/mol. The predicted octanol–water partition coefficient (Wildman–Crippen LogP) is 3.94. The molecule has 1 aromatic heterocycles. The Hall–Kier alpha value is -0.340. The van der Waals surface area contributed by atoms with Crippen molar-refractivity contribution in [2.24, 2.45) is 10.7 Å². The van der Waals surface area contributed by atoms with Gasteiger partial charge in [-0.15, -0.1) is 24.0 Å². The summed E-state index contributed by atoms with van der Waals surface area (Å²) in [6.45, 7) is 9.37. The van der Waals surface area contributed by atoms with Crippen LogP contribution in [0.4, 0.5) is 0 Å². The monoisotopic (exact) mass is 450 g/mol. The topological polar surface area (TPSA) is 44.9 Å². The molecule has 2 heterocycles. The largest absolute Gasteiger partial charge is 0.370 e. The molecule has 6 heteroatoms. The molecule has 2 N–H and O–H groups in total. The van der Waals surface area contributed by atoms with Crippen LogP contribution in [0.25, 0.3) is 0 Å². The van der Waals surface area contributed by atoms with Crippen LogP contribution in [0.1, 0.15) is 51.1 Å². The lowest BCUT2D eigenvalue weighted by atomic mass is 10.1. The van der Waals surface area contributed by atoms with E-state index in [0.717, 1.165) is 38.7 Å². The molecule has 1 aliphatic rings. The first-order chi connectivity index (χ1) is 10.8. The summed E-state index contributed by atoms with van der Waals surface area (Å²) in [4.78, 5) is 9.47. The van der Waals surface area contributed by atoms with Gasteiger partial charge in [-0.05, 0) is 48.3 Å². The molecule has 1 atom stereocenters. The number of guanidine groups is 1. The van der Waals surface area contributed by atoms with E-state index in [-0.39, 0.29) is 24.0 Å². The zero-order valence-corrected chi connectivity index (χ0v) is 17.6. The molecule has 0 amide bonds. The highest BCUT2D eigenvalue weighted by Gasteiger charge is 2.19. The summed E-state index contributed by atoms with van der Waals surface area (Å²) in [5.74, 6) is 0.731. The Morgan fingerprint density at radius 2 is 1.91 bits per heavy atom. The third-order valence-corrected chi connectivity index (χ3v) is 5.24. The van der Waals surface area contributed by atoms with Gasteiger partial charge in [0.25, 0.3) is 0 Å². The molecule has 0 bridgehead atoms. The van der Waals surface area contributed by atoms with Crippen molar-refractivity contribution in [3.8, 4) is 0 Å². The number of halogens is 1. The van der Waals surface area contributed by atoms with Gasteiger partial charge in [0.05, 0.1) is 12.6 Å². The van der Waals surface area contributed by atoms with Gasteiger partial charge in [0.15, 0.2) is 5.96 Å². The first-order valence-electron chi connectivity index (χ1n) is 8.57. The number of nitrogens with two attached hydrogens (primary N) is 1. The molecule has 1 aromatic rings. The third-order valence-electron chi connectivity index (χ3n) is 4.54. The van der Waals surface area contributed by atoms with Crippen molar-refractivity contribution >= 4 is 41.3 Å². The van der Waals surface area contributed by atoms with Gasteiger partial charge in [-0.3, -0.25) is 9.89 Å². The predicted molar refractivity (Wildman–Crippen MR) is 112 cm³/mol. The molecule has 4 nitrogen and oxygen atoms in total. The van der Waals surface area contributed by atoms with Crippen LogP contribution in [0, 0.1) is 0 Å². The second-order valence-corrected chi connectivity index (χ2v) is 6.67. The fraction of sp³-hybridized carbons (Fsp3) is 0.706. The van der Waals surface area contributed by atoms with Gasteiger partial charge < -0.3 is 10.6 Å². The van der Waals surface area contributed by atoms with E-state index in [9.17, 15) is 0 Å². The van der Waals surface area contributed by atoms with Gasteiger partial charge in [0.2, 0.25) is 0 Å². The number of likely N-dealkylation sites (tertiary alicyclic amines) is 1. The number of rotatable bonds is 6. The van der Waals surface area contributed by atoms with E-state index in [4.69, 9.17) is 10.7 Å². The second kappa shape index (κ2) is 11.3. The van der Waals surface area contributed by atoms with Crippen molar-refractivity contribution in [1.82, 2.24) is 9.80 Å². The Bertz CT molecular complexity index is 437. The van der Waals surface area contributed by atoms with Crippen LogP contribution in [0.2, 0.25) is 0 Å². The fourth-order valence-corrected chi connectivity index (χ4v) is 3.85. The summed E-state index contributed by atoms with van der Waals surface area (Å²) >= 11 is 1.75. The molecular formula is C17H31IN4S. The van der Waals surface area contributed by atoms with Crippen LogP contribution >= 0.6 is 35.3 Å². The lowest BCUT2D eigenvalue weighted by Gasteiger charge is -2.29. The minimum Gasteiger partial charge on any atom is -0.370 e. The highest BCUT2D eigenvalue weighted by atomic mass is 127. The maximum absolute atomic E-state index is 6.26. The summed E-state index contributed by atoms with van der Waals surface area (Å²) in [7, 11) is 0. The van der Waals surface area contributed by atoms with E-state index in [0.29, 0.717) is 6.04 Å². The molecular weight excluding hydrogens is 419 g/mol. The van der Waals surface area contributed by atoms with E-state index in [1.54, 1.807) is 11.3 Å². The molecule has 0 aliphatic carbocycles. The molecule has 1 fully saturated rings. The normalized spacial score (nSPS) is 17.7. The summed E-state index contributed by atoms with van der Waals surface area (Å²) < 4.78 is 0. The molecule has 0 aromatic carbocycles. The quantitative estimate of drug-likeness (QED) is 0.406. The maximum atomic E-state index is 6.26. The first kappa shape index (κ1) is 20.7. The lowest BCUT2D eigenvalue weighted by molar-refractivity contribution is 0.224. The third kappa shape index (κ3) is 6.23. The second-order valence-electron chi connectivity index (χ2n) is 5.89. The van der Waals surface area contributed by atoms with Crippen LogP contribution in [0.15, 0.2) is 21.8 Å². The fourth-order valence-electron chi connectivity index (χ4n) is 3.14. The van der Waals surface area contributed by atoms with E-state index < -0.39 is 0 Å². The SMILES string of the molecule is CCN(CC)C(CN=C(N)N1CCCCCC1)c1ccsc1.I. The van der Waals surface area contributed by atoms with Gasteiger partial charge in [-0.1, -0.05) is 26.7 Å². The maximum Gasteiger partial charge on any atom is 0.191 e. The number of aliphatic imine (C=N–C) groups is 1. The number of thiophene rings is 1. The molecule has 0 radical (unpaired) electrons.